The molecule has 0 aliphatic carbocycles. The predicted octanol–water partition coefficient (Wildman–Crippen LogP) is 0.763. The third-order valence-electron chi connectivity index (χ3n) is 4.41. The molecule has 2 atom stereocenters. The highest BCUT2D eigenvalue weighted by Crippen LogP contribution is 2.35. The first-order valence-electron chi connectivity index (χ1n) is 6.29. The maximum atomic E-state index is 3.23. The van der Waals surface area contributed by atoms with Crippen molar-refractivity contribution in [3.63, 3.8) is 0 Å². The normalized spacial score (nSPS) is 36.4. The SMILES string of the molecule is CNCCN(C)C1CC2CCC(C1)N2C. The number of rotatable bonds is 4. The summed E-state index contributed by atoms with van der Waals surface area (Å²) in [6, 6.07) is 2.56. The van der Waals surface area contributed by atoms with Crippen LogP contribution in [0.2, 0.25) is 0 Å². The summed E-state index contributed by atoms with van der Waals surface area (Å²) < 4.78 is 0. The fraction of sp³-hybridized carbons (Fsp3) is 1.00. The molecule has 2 rings (SSSR count). The van der Waals surface area contributed by atoms with E-state index in [0.717, 1.165) is 24.7 Å². The van der Waals surface area contributed by atoms with Gasteiger partial charge >= 0.3 is 0 Å². The molecule has 2 fully saturated rings. The minimum Gasteiger partial charge on any atom is -0.318 e. The molecule has 2 bridgehead atoms. The lowest BCUT2D eigenvalue weighted by Crippen LogP contribution is -2.48. The zero-order valence-electron chi connectivity index (χ0n) is 10.4. The molecule has 3 heteroatoms. The van der Waals surface area contributed by atoms with E-state index >= 15 is 0 Å². The summed E-state index contributed by atoms with van der Waals surface area (Å²) in [5.74, 6) is 0. The predicted molar refractivity (Wildman–Crippen MR) is 64.2 cm³/mol. The molecule has 15 heavy (non-hydrogen) atoms. The molecule has 2 unspecified atom stereocenters. The lowest BCUT2D eigenvalue weighted by molar-refractivity contribution is 0.0913. The minimum atomic E-state index is 0.826. The lowest BCUT2D eigenvalue weighted by Gasteiger charge is -2.40. The van der Waals surface area contributed by atoms with Gasteiger partial charge in [0, 0.05) is 31.2 Å². The highest BCUT2D eigenvalue weighted by molar-refractivity contribution is 4.96. The molecule has 2 aliphatic heterocycles. The molecule has 0 amide bonds. The van der Waals surface area contributed by atoms with Crippen molar-refractivity contribution in [2.45, 2.75) is 43.8 Å². The zero-order chi connectivity index (χ0) is 10.8. The van der Waals surface area contributed by atoms with E-state index < -0.39 is 0 Å². The molecule has 0 spiro atoms. The standard InChI is InChI=1S/C12H25N3/c1-13-6-7-14(2)12-8-10-4-5-11(9-12)15(10)3/h10-13H,4-9H2,1-3H3. The van der Waals surface area contributed by atoms with Gasteiger partial charge in [0.2, 0.25) is 0 Å². The van der Waals surface area contributed by atoms with Gasteiger partial charge in [0.15, 0.2) is 0 Å². The molecule has 2 aliphatic rings. The molecule has 2 heterocycles. The Hall–Kier alpha value is -0.120. The zero-order valence-corrected chi connectivity index (χ0v) is 10.4. The van der Waals surface area contributed by atoms with Crippen molar-refractivity contribution < 1.29 is 0 Å². The van der Waals surface area contributed by atoms with E-state index in [1.54, 1.807) is 0 Å². The number of nitrogens with one attached hydrogen (secondary N) is 1. The van der Waals surface area contributed by atoms with Gasteiger partial charge in [0.1, 0.15) is 0 Å². The minimum absolute atomic E-state index is 0.826. The fourth-order valence-electron chi connectivity index (χ4n) is 3.21. The molecule has 88 valence electrons. The van der Waals surface area contributed by atoms with E-state index in [1.165, 1.54) is 32.2 Å². The highest BCUT2D eigenvalue weighted by atomic mass is 15.2. The topological polar surface area (TPSA) is 18.5 Å². The number of nitrogens with zero attached hydrogens (tertiary/aromatic N) is 2. The van der Waals surface area contributed by atoms with Crippen molar-refractivity contribution in [1.29, 1.82) is 0 Å². The van der Waals surface area contributed by atoms with Gasteiger partial charge in [0.25, 0.3) is 0 Å². The third kappa shape index (κ3) is 2.35. The fourth-order valence-corrected chi connectivity index (χ4v) is 3.21. The summed E-state index contributed by atoms with van der Waals surface area (Å²) in [5, 5.41) is 3.23. The second kappa shape index (κ2) is 4.81. The van der Waals surface area contributed by atoms with Gasteiger partial charge in [-0.25, -0.2) is 0 Å². The van der Waals surface area contributed by atoms with E-state index in [0.29, 0.717) is 0 Å². The number of piperidine rings is 1. The Balaban J connectivity index is 1.85. The lowest BCUT2D eigenvalue weighted by atomic mass is 9.97. The van der Waals surface area contributed by atoms with Gasteiger partial charge in [-0.1, -0.05) is 0 Å². The largest absolute Gasteiger partial charge is 0.318 e. The van der Waals surface area contributed by atoms with E-state index in [1.807, 2.05) is 7.05 Å². The van der Waals surface area contributed by atoms with Crippen LogP contribution >= 0.6 is 0 Å². The molecule has 0 aromatic rings. The van der Waals surface area contributed by atoms with Crippen molar-refractivity contribution in [3.05, 3.63) is 0 Å². The monoisotopic (exact) mass is 211 g/mol. The smallest absolute Gasteiger partial charge is 0.0122 e. The average molecular weight is 211 g/mol. The van der Waals surface area contributed by atoms with Gasteiger partial charge in [-0.05, 0) is 46.8 Å². The molecule has 0 radical (unpaired) electrons. The van der Waals surface area contributed by atoms with E-state index in [4.69, 9.17) is 0 Å². The summed E-state index contributed by atoms with van der Waals surface area (Å²) in [5.41, 5.74) is 0. The van der Waals surface area contributed by atoms with Gasteiger partial charge in [-0.15, -0.1) is 0 Å². The molecule has 0 aromatic heterocycles. The quantitative estimate of drug-likeness (QED) is 0.741. The Morgan fingerprint density at radius 2 is 1.87 bits per heavy atom. The first-order valence-corrected chi connectivity index (χ1v) is 6.29. The summed E-state index contributed by atoms with van der Waals surface area (Å²) >= 11 is 0. The van der Waals surface area contributed by atoms with Crippen molar-refractivity contribution in [2.24, 2.45) is 0 Å². The van der Waals surface area contributed by atoms with Crippen molar-refractivity contribution in [1.82, 2.24) is 15.1 Å². The Kier molecular flexibility index (Phi) is 3.65. The summed E-state index contributed by atoms with van der Waals surface area (Å²) in [7, 11) is 6.63. The van der Waals surface area contributed by atoms with E-state index in [2.05, 4.69) is 29.2 Å². The van der Waals surface area contributed by atoms with Gasteiger partial charge in [-0.2, -0.15) is 0 Å². The Morgan fingerprint density at radius 1 is 1.27 bits per heavy atom. The van der Waals surface area contributed by atoms with Crippen LogP contribution in [0.4, 0.5) is 0 Å². The third-order valence-corrected chi connectivity index (χ3v) is 4.41. The summed E-state index contributed by atoms with van der Waals surface area (Å²) in [6.45, 7) is 2.29. The number of likely N-dealkylation sites (N-methyl/N-ethyl adjacent to an activating group) is 2. The maximum Gasteiger partial charge on any atom is 0.0122 e. The Morgan fingerprint density at radius 3 is 2.40 bits per heavy atom. The first-order chi connectivity index (χ1) is 7.22. The van der Waals surface area contributed by atoms with Crippen LogP contribution in [0.15, 0.2) is 0 Å². The van der Waals surface area contributed by atoms with Crippen LogP contribution < -0.4 is 5.32 Å². The van der Waals surface area contributed by atoms with Crippen LogP contribution in [0.3, 0.4) is 0 Å². The number of hydrogen-bond donors (Lipinski definition) is 1. The molecular formula is C12H25N3. The Bertz CT molecular complexity index is 193. The molecule has 0 aromatic carbocycles. The van der Waals surface area contributed by atoms with Crippen LogP contribution in [0.5, 0.6) is 0 Å². The van der Waals surface area contributed by atoms with Crippen molar-refractivity contribution in [3.8, 4) is 0 Å². The number of hydrogen-bond acceptors (Lipinski definition) is 3. The van der Waals surface area contributed by atoms with Crippen LogP contribution in [0, 0.1) is 0 Å². The molecule has 2 saturated heterocycles. The Labute approximate surface area is 93.8 Å². The van der Waals surface area contributed by atoms with Crippen LogP contribution in [-0.4, -0.2) is 62.2 Å². The first kappa shape index (κ1) is 11.4. The van der Waals surface area contributed by atoms with Crippen LogP contribution in [-0.2, 0) is 0 Å². The average Bonchev–Trinajstić information content (AvgIpc) is 2.49. The molecular weight excluding hydrogens is 186 g/mol. The van der Waals surface area contributed by atoms with Gasteiger partial charge in [0.05, 0.1) is 0 Å². The van der Waals surface area contributed by atoms with Crippen molar-refractivity contribution in [2.75, 3.05) is 34.2 Å². The van der Waals surface area contributed by atoms with E-state index in [-0.39, 0.29) is 0 Å². The maximum absolute atomic E-state index is 3.23. The number of fused-ring (bicyclic) bond motifs is 2. The second-order valence-electron chi connectivity index (χ2n) is 5.26. The van der Waals surface area contributed by atoms with Gasteiger partial charge < -0.3 is 15.1 Å². The van der Waals surface area contributed by atoms with Crippen LogP contribution in [0.1, 0.15) is 25.7 Å². The summed E-state index contributed by atoms with van der Waals surface area (Å²) in [4.78, 5) is 5.16. The molecule has 3 nitrogen and oxygen atoms in total. The van der Waals surface area contributed by atoms with Crippen LogP contribution in [0.25, 0.3) is 0 Å². The van der Waals surface area contributed by atoms with Gasteiger partial charge in [-0.3, -0.25) is 0 Å². The highest BCUT2D eigenvalue weighted by Gasteiger charge is 2.39. The summed E-state index contributed by atoms with van der Waals surface area (Å²) in [6.07, 6.45) is 5.62. The van der Waals surface area contributed by atoms with E-state index in [9.17, 15) is 0 Å². The molecule has 1 N–H and O–H groups in total. The molecule has 0 saturated carbocycles. The van der Waals surface area contributed by atoms with Crippen molar-refractivity contribution >= 4 is 0 Å². The second-order valence-corrected chi connectivity index (χ2v) is 5.26.